The lowest BCUT2D eigenvalue weighted by Gasteiger charge is -2.23. The molecule has 0 aliphatic heterocycles. The van der Waals surface area contributed by atoms with Crippen molar-refractivity contribution in [1.82, 2.24) is 4.90 Å². The minimum absolute atomic E-state index is 0.122. The quantitative estimate of drug-likeness (QED) is 0.709. The van der Waals surface area contributed by atoms with Gasteiger partial charge in [-0.05, 0) is 37.6 Å². The minimum Gasteiger partial charge on any atom is -0.466 e. The number of nitrogens with one attached hydrogen (secondary N) is 1. The lowest BCUT2D eigenvalue weighted by atomic mass is 10.1. The molecule has 0 aliphatic carbocycles. The van der Waals surface area contributed by atoms with Crippen LogP contribution in [-0.4, -0.2) is 35.8 Å². The van der Waals surface area contributed by atoms with E-state index in [1.165, 1.54) is 6.92 Å². The molecule has 1 N–H and O–H groups in total. The van der Waals surface area contributed by atoms with Gasteiger partial charge in [0.2, 0.25) is 5.91 Å². The van der Waals surface area contributed by atoms with Crippen LogP contribution in [0.5, 0.6) is 0 Å². The Labute approximate surface area is 165 Å². The highest BCUT2D eigenvalue weighted by Gasteiger charge is 2.18. The van der Waals surface area contributed by atoms with E-state index in [9.17, 15) is 14.4 Å². The molecule has 0 bridgehead atoms. The standard InChI is InChI=1S/C22H26N2O4/c1-4-28-21(26)12-13-24(15-18-10-8-16(2)9-11-18)22(27)19-6-5-7-20(14-19)23-17(3)25/h5-11,14H,4,12-13,15H2,1-3H3,(H,23,25). The Morgan fingerprint density at radius 3 is 2.43 bits per heavy atom. The summed E-state index contributed by atoms with van der Waals surface area (Å²) in [6.45, 7) is 6.10. The van der Waals surface area contributed by atoms with Crippen molar-refractivity contribution in [1.29, 1.82) is 0 Å². The largest absolute Gasteiger partial charge is 0.466 e. The Bertz CT molecular complexity index is 831. The van der Waals surface area contributed by atoms with E-state index in [-0.39, 0.29) is 30.7 Å². The van der Waals surface area contributed by atoms with Crippen molar-refractivity contribution in [2.75, 3.05) is 18.5 Å². The number of aryl methyl sites for hydroxylation is 1. The van der Waals surface area contributed by atoms with Gasteiger partial charge >= 0.3 is 5.97 Å². The summed E-state index contributed by atoms with van der Waals surface area (Å²) in [6, 6.07) is 14.7. The molecule has 0 atom stereocenters. The lowest BCUT2D eigenvalue weighted by molar-refractivity contribution is -0.143. The Hall–Kier alpha value is -3.15. The molecule has 6 nitrogen and oxygen atoms in total. The molecule has 0 saturated heterocycles. The predicted octanol–water partition coefficient (Wildman–Crippen LogP) is 3.55. The summed E-state index contributed by atoms with van der Waals surface area (Å²) in [4.78, 5) is 37.8. The fourth-order valence-corrected chi connectivity index (χ4v) is 2.74. The Morgan fingerprint density at radius 1 is 1.07 bits per heavy atom. The third kappa shape index (κ3) is 6.54. The van der Waals surface area contributed by atoms with Crippen LogP contribution in [-0.2, 0) is 20.9 Å². The van der Waals surface area contributed by atoms with Gasteiger partial charge in [-0.1, -0.05) is 35.9 Å². The fourth-order valence-electron chi connectivity index (χ4n) is 2.74. The van der Waals surface area contributed by atoms with Gasteiger partial charge in [0, 0.05) is 31.3 Å². The first-order chi connectivity index (χ1) is 13.4. The van der Waals surface area contributed by atoms with Gasteiger partial charge in [-0.25, -0.2) is 0 Å². The van der Waals surface area contributed by atoms with Crippen LogP contribution < -0.4 is 5.32 Å². The number of benzene rings is 2. The smallest absolute Gasteiger partial charge is 0.307 e. The average molecular weight is 382 g/mol. The SMILES string of the molecule is CCOC(=O)CCN(Cc1ccc(C)cc1)C(=O)c1cccc(NC(C)=O)c1. The number of ether oxygens (including phenoxy) is 1. The number of carbonyl (C=O) groups excluding carboxylic acids is 3. The average Bonchev–Trinajstić information content (AvgIpc) is 2.66. The highest BCUT2D eigenvalue weighted by Crippen LogP contribution is 2.16. The number of hydrogen-bond donors (Lipinski definition) is 1. The number of carbonyl (C=O) groups is 3. The van der Waals surface area contributed by atoms with Gasteiger partial charge in [0.05, 0.1) is 13.0 Å². The summed E-state index contributed by atoms with van der Waals surface area (Å²) in [5, 5.41) is 2.68. The molecule has 0 unspecified atom stereocenters. The molecule has 2 aromatic carbocycles. The van der Waals surface area contributed by atoms with Crippen LogP contribution in [0.2, 0.25) is 0 Å². The summed E-state index contributed by atoms with van der Waals surface area (Å²) >= 11 is 0. The van der Waals surface area contributed by atoms with Gasteiger partial charge < -0.3 is 15.0 Å². The molecule has 0 heterocycles. The van der Waals surface area contributed by atoms with Gasteiger partial charge in [0.15, 0.2) is 0 Å². The molecule has 2 aromatic rings. The lowest BCUT2D eigenvalue weighted by Crippen LogP contribution is -2.33. The van der Waals surface area contributed by atoms with E-state index >= 15 is 0 Å². The molecule has 0 aliphatic rings. The van der Waals surface area contributed by atoms with Crippen molar-refractivity contribution >= 4 is 23.5 Å². The summed E-state index contributed by atoms with van der Waals surface area (Å²) in [7, 11) is 0. The zero-order chi connectivity index (χ0) is 20.5. The van der Waals surface area contributed by atoms with E-state index < -0.39 is 0 Å². The third-order valence-electron chi connectivity index (χ3n) is 4.10. The highest BCUT2D eigenvalue weighted by molar-refractivity contribution is 5.97. The normalized spacial score (nSPS) is 10.2. The van der Waals surface area contributed by atoms with Crippen molar-refractivity contribution in [3.05, 3.63) is 65.2 Å². The van der Waals surface area contributed by atoms with E-state index in [1.54, 1.807) is 36.1 Å². The molecular formula is C22H26N2O4. The van der Waals surface area contributed by atoms with E-state index in [4.69, 9.17) is 4.74 Å². The summed E-state index contributed by atoms with van der Waals surface area (Å²) in [5.74, 6) is -0.753. The second-order valence-corrected chi connectivity index (χ2v) is 6.53. The van der Waals surface area contributed by atoms with Crippen LogP contribution in [0.25, 0.3) is 0 Å². The maximum atomic E-state index is 13.1. The molecule has 0 radical (unpaired) electrons. The number of anilines is 1. The maximum absolute atomic E-state index is 13.1. The Morgan fingerprint density at radius 2 is 1.79 bits per heavy atom. The monoisotopic (exact) mass is 382 g/mol. The zero-order valence-corrected chi connectivity index (χ0v) is 16.5. The van der Waals surface area contributed by atoms with Crippen LogP contribution >= 0.6 is 0 Å². The molecule has 148 valence electrons. The Kier molecular flexibility index (Phi) is 7.75. The van der Waals surface area contributed by atoms with E-state index in [0.717, 1.165) is 11.1 Å². The topological polar surface area (TPSA) is 75.7 Å². The van der Waals surface area contributed by atoms with Crippen molar-refractivity contribution in [3.63, 3.8) is 0 Å². The van der Waals surface area contributed by atoms with Crippen molar-refractivity contribution in [3.8, 4) is 0 Å². The second-order valence-electron chi connectivity index (χ2n) is 6.53. The number of rotatable bonds is 8. The number of esters is 1. The van der Waals surface area contributed by atoms with Gasteiger partial charge in [-0.3, -0.25) is 14.4 Å². The number of hydrogen-bond acceptors (Lipinski definition) is 4. The fraction of sp³-hybridized carbons (Fsp3) is 0.318. The van der Waals surface area contributed by atoms with Crippen LogP contribution in [0.3, 0.4) is 0 Å². The first-order valence-corrected chi connectivity index (χ1v) is 9.27. The second kappa shape index (κ2) is 10.3. The first-order valence-electron chi connectivity index (χ1n) is 9.27. The summed E-state index contributed by atoms with van der Waals surface area (Å²) < 4.78 is 4.98. The maximum Gasteiger partial charge on any atom is 0.307 e. The van der Waals surface area contributed by atoms with Crippen LogP contribution in [0.1, 0.15) is 41.8 Å². The molecule has 2 rings (SSSR count). The van der Waals surface area contributed by atoms with Crippen LogP contribution in [0.4, 0.5) is 5.69 Å². The first kappa shape index (κ1) is 21.2. The predicted molar refractivity (Wildman–Crippen MR) is 108 cm³/mol. The number of nitrogens with zero attached hydrogens (tertiary/aromatic N) is 1. The Balaban J connectivity index is 2.20. The summed E-state index contributed by atoms with van der Waals surface area (Å²) in [6.07, 6.45) is 0.122. The highest BCUT2D eigenvalue weighted by atomic mass is 16.5. The molecule has 0 spiro atoms. The van der Waals surface area contributed by atoms with Gasteiger partial charge in [0.1, 0.15) is 0 Å². The van der Waals surface area contributed by atoms with E-state index in [0.29, 0.717) is 24.4 Å². The van der Waals surface area contributed by atoms with Crippen LogP contribution in [0.15, 0.2) is 48.5 Å². The van der Waals surface area contributed by atoms with Gasteiger partial charge in [-0.2, -0.15) is 0 Å². The molecule has 0 fully saturated rings. The van der Waals surface area contributed by atoms with Crippen molar-refractivity contribution < 1.29 is 19.1 Å². The molecule has 28 heavy (non-hydrogen) atoms. The number of amides is 2. The third-order valence-corrected chi connectivity index (χ3v) is 4.10. The molecular weight excluding hydrogens is 356 g/mol. The van der Waals surface area contributed by atoms with Crippen molar-refractivity contribution in [2.45, 2.75) is 33.7 Å². The minimum atomic E-state index is -0.337. The van der Waals surface area contributed by atoms with Gasteiger partial charge in [-0.15, -0.1) is 0 Å². The molecule has 6 heteroatoms. The van der Waals surface area contributed by atoms with Crippen molar-refractivity contribution in [2.24, 2.45) is 0 Å². The van der Waals surface area contributed by atoms with Gasteiger partial charge in [0.25, 0.3) is 5.91 Å². The molecule has 0 saturated carbocycles. The zero-order valence-electron chi connectivity index (χ0n) is 16.5. The van der Waals surface area contributed by atoms with Crippen LogP contribution in [0, 0.1) is 6.92 Å². The molecule has 0 aromatic heterocycles. The van der Waals surface area contributed by atoms with E-state index in [2.05, 4.69) is 5.32 Å². The van der Waals surface area contributed by atoms with E-state index in [1.807, 2.05) is 31.2 Å². The summed E-state index contributed by atoms with van der Waals surface area (Å²) in [5.41, 5.74) is 3.11. The molecule has 2 amide bonds.